The number of piperidine rings is 1. The molecule has 53 heavy (non-hydrogen) atoms. The van der Waals surface area contributed by atoms with Gasteiger partial charge in [0.1, 0.15) is 18.1 Å². The lowest BCUT2D eigenvalue weighted by molar-refractivity contribution is -0.224. The van der Waals surface area contributed by atoms with Crippen LogP contribution in [0.5, 0.6) is 0 Å². The normalized spacial score (nSPS) is 18.3. The molecular formula is C39H55F2N7O5. The number of amides is 5. The summed E-state index contributed by atoms with van der Waals surface area (Å²) in [4.78, 5) is 69.1. The molecule has 290 valence electrons. The Bertz CT molecular complexity index is 1560. The maximum atomic E-state index is 15.3. The highest BCUT2D eigenvalue weighted by Crippen LogP contribution is 2.50. The maximum Gasteiger partial charge on any atom is 0.274 e. The first-order chi connectivity index (χ1) is 25.1. The van der Waals surface area contributed by atoms with E-state index in [4.69, 9.17) is 11.5 Å². The summed E-state index contributed by atoms with van der Waals surface area (Å²) in [5.74, 6) is -5.83. The van der Waals surface area contributed by atoms with E-state index in [1.807, 2.05) is 74.5 Å². The first-order valence-electron chi connectivity index (χ1n) is 18.5. The molecule has 12 nitrogen and oxygen atoms in total. The molecule has 1 spiro atoms. The van der Waals surface area contributed by atoms with Crippen LogP contribution in [-0.4, -0.2) is 102 Å². The molecule has 7 N–H and O–H groups in total. The second-order valence-corrected chi connectivity index (χ2v) is 15.0. The van der Waals surface area contributed by atoms with Crippen molar-refractivity contribution in [3.63, 3.8) is 0 Å². The summed E-state index contributed by atoms with van der Waals surface area (Å²) in [6.45, 7) is 4.53. The third kappa shape index (κ3) is 11.0. The van der Waals surface area contributed by atoms with Crippen molar-refractivity contribution in [1.82, 2.24) is 25.8 Å². The van der Waals surface area contributed by atoms with E-state index in [0.717, 1.165) is 16.0 Å². The average Bonchev–Trinajstić information content (AvgIpc) is 3.09. The molecule has 0 aromatic heterocycles. The molecule has 5 amide bonds. The highest BCUT2D eigenvalue weighted by molar-refractivity contribution is 5.95. The van der Waals surface area contributed by atoms with Crippen LogP contribution in [0.15, 0.2) is 60.7 Å². The lowest BCUT2D eigenvalue weighted by Gasteiger charge is -2.57. The number of alkyl halides is 2. The van der Waals surface area contributed by atoms with Gasteiger partial charge < -0.3 is 37.2 Å². The van der Waals surface area contributed by atoms with Crippen LogP contribution >= 0.6 is 0 Å². The van der Waals surface area contributed by atoms with Gasteiger partial charge in [0, 0.05) is 33.0 Å². The number of nitrogens with one attached hydrogen (secondary N) is 3. The number of carbonyl (C=O) groups excluding carboxylic acids is 5. The predicted octanol–water partition coefficient (Wildman–Crippen LogP) is 2.14. The third-order valence-electron chi connectivity index (χ3n) is 10.2. The van der Waals surface area contributed by atoms with Crippen molar-refractivity contribution in [2.24, 2.45) is 22.8 Å². The molecule has 0 bridgehead atoms. The van der Waals surface area contributed by atoms with E-state index < -0.39 is 71.6 Å². The Kier molecular flexibility index (Phi) is 14.5. The van der Waals surface area contributed by atoms with Crippen molar-refractivity contribution in [3.8, 4) is 0 Å². The van der Waals surface area contributed by atoms with Gasteiger partial charge in [-0.15, -0.1) is 0 Å². The minimum atomic E-state index is -3.17. The average molecular weight is 740 g/mol. The van der Waals surface area contributed by atoms with E-state index in [-0.39, 0.29) is 57.7 Å². The molecule has 2 saturated heterocycles. The van der Waals surface area contributed by atoms with E-state index in [1.165, 1.54) is 11.8 Å². The summed E-state index contributed by atoms with van der Waals surface area (Å²) < 4.78 is 30.6. The van der Waals surface area contributed by atoms with Gasteiger partial charge in [-0.05, 0) is 62.1 Å². The fourth-order valence-corrected chi connectivity index (χ4v) is 7.03. The zero-order chi connectivity index (χ0) is 38.8. The summed E-state index contributed by atoms with van der Waals surface area (Å²) in [6, 6.07) is 14.3. The second-order valence-electron chi connectivity index (χ2n) is 15.0. The minimum absolute atomic E-state index is 0.0442. The van der Waals surface area contributed by atoms with E-state index in [2.05, 4.69) is 16.0 Å². The zero-order valence-electron chi connectivity index (χ0n) is 31.0. The van der Waals surface area contributed by atoms with Gasteiger partial charge in [0.15, 0.2) is 0 Å². The van der Waals surface area contributed by atoms with Crippen molar-refractivity contribution in [1.29, 1.82) is 0 Å². The lowest BCUT2D eigenvalue weighted by Crippen LogP contribution is -2.72. The van der Waals surface area contributed by atoms with E-state index in [0.29, 0.717) is 19.4 Å². The topological polar surface area (TPSA) is 180 Å². The van der Waals surface area contributed by atoms with E-state index >= 15 is 8.78 Å². The quantitative estimate of drug-likeness (QED) is 0.154. The molecule has 0 saturated carbocycles. The van der Waals surface area contributed by atoms with Crippen molar-refractivity contribution in [2.45, 2.75) is 95.8 Å². The van der Waals surface area contributed by atoms with E-state index in [9.17, 15) is 24.0 Å². The molecule has 0 aliphatic carbocycles. The highest BCUT2D eigenvalue weighted by Gasteiger charge is 2.64. The predicted molar refractivity (Wildman–Crippen MR) is 197 cm³/mol. The summed E-state index contributed by atoms with van der Waals surface area (Å²) in [6.07, 6.45) is 2.01. The Balaban J connectivity index is 1.47. The third-order valence-corrected chi connectivity index (χ3v) is 10.2. The van der Waals surface area contributed by atoms with Gasteiger partial charge in [0.05, 0.1) is 18.0 Å². The van der Waals surface area contributed by atoms with Crippen molar-refractivity contribution in [2.75, 3.05) is 32.7 Å². The fourth-order valence-electron chi connectivity index (χ4n) is 7.03. The first kappa shape index (κ1) is 41.3. The van der Waals surface area contributed by atoms with Gasteiger partial charge in [-0.3, -0.25) is 24.0 Å². The molecule has 2 heterocycles. The van der Waals surface area contributed by atoms with Crippen LogP contribution in [0.4, 0.5) is 8.78 Å². The molecule has 2 fully saturated rings. The number of hydrogen-bond donors (Lipinski definition) is 5. The van der Waals surface area contributed by atoms with Gasteiger partial charge in [-0.2, -0.15) is 0 Å². The molecule has 2 aliphatic heterocycles. The van der Waals surface area contributed by atoms with Gasteiger partial charge >= 0.3 is 0 Å². The number of benzene rings is 2. The Morgan fingerprint density at radius 1 is 0.755 bits per heavy atom. The summed E-state index contributed by atoms with van der Waals surface area (Å²) >= 11 is 0. The van der Waals surface area contributed by atoms with Gasteiger partial charge in [0.25, 0.3) is 5.92 Å². The molecular weight excluding hydrogens is 684 g/mol. The van der Waals surface area contributed by atoms with Crippen LogP contribution < -0.4 is 27.4 Å². The Morgan fingerprint density at radius 2 is 1.30 bits per heavy atom. The number of rotatable bonds is 17. The van der Waals surface area contributed by atoms with E-state index in [1.54, 1.807) is 0 Å². The molecule has 4 atom stereocenters. The Labute approximate surface area is 310 Å². The number of hydrogen-bond acceptors (Lipinski definition) is 7. The molecule has 2 aromatic rings. The maximum absolute atomic E-state index is 15.3. The number of nitrogens with zero attached hydrogens (tertiary/aromatic N) is 2. The molecule has 4 rings (SSSR count). The first-order valence-corrected chi connectivity index (χ1v) is 18.5. The fraction of sp³-hybridized carbons (Fsp3) is 0.564. The molecule has 2 aliphatic rings. The summed E-state index contributed by atoms with van der Waals surface area (Å²) in [5.41, 5.74) is 12.2. The minimum Gasteiger partial charge on any atom is -0.343 e. The van der Waals surface area contributed by atoms with Crippen molar-refractivity contribution < 1.29 is 32.8 Å². The number of unbranched alkanes of at least 4 members (excludes halogenated alkanes) is 1. The number of likely N-dealkylation sites (tertiary alicyclic amines) is 2. The van der Waals surface area contributed by atoms with Crippen LogP contribution in [-0.2, 0) is 36.8 Å². The molecule has 2 aromatic carbocycles. The van der Waals surface area contributed by atoms with Crippen LogP contribution in [0.2, 0.25) is 0 Å². The lowest BCUT2D eigenvalue weighted by atomic mass is 9.69. The smallest absolute Gasteiger partial charge is 0.274 e. The van der Waals surface area contributed by atoms with Crippen LogP contribution in [0.3, 0.4) is 0 Å². The molecule has 1 unspecified atom stereocenters. The number of carbonyl (C=O) groups is 5. The molecule has 0 radical (unpaired) electrons. The Hall–Kier alpha value is -4.43. The van der Waals surface area contributed by atoms with Crippen molar-refractivity contribution in [3.05, 3.63) is 71.8 Å². The summed E-state index contributed by atoms with van der Waals surface area (Å²) in [5, 5.41) is 8.42. The van der Waals surface area contributed by atoms with Gasteiger partial charge in [-0.25, -0.2) is 8.78 Å². The van der Waals surface area contributed by atoms with Gasteiger partial charge in [-0.1, -0.05) is 74.5 Å². The van der Waals surface area contributed by atoms with Crippen LogP contribution in [0.25, 0.3) is 0 Å². The monoisotopic (exact) mass is 739 g/mol. The second kappa shape index (κ2) is 18.6. The zero-order valence-corrected chi connectivity index (χ0v) is 31.0. The standard InChI is InChI=1S/C39H55F2N7O5/c1-26(2)20-32(46-36(52)33(22-29-14-8-5-9-15-29)45-34(50)30(43)21-28-12-6-4-7-13-28)35(51)44-31(16-10-11-18-42)37(53)48-23-38(24-48)17-19-47(27(3)49)25-39(38,40)41/h4-9,12-15,26,30-33H,10-11,16-25,42-43H2,1-3H3,(H,44,51)(H,45,50)(H,46,52)/t30-,31-,32?,33-/m1/s1. The SMILES string of the molecule is CC(=O)N1CCC2(CN(C(=O)[C@@H](CCCCN)NC(=O)C(CC(C)C)NC(=O)[C@@H](Cc3ccccc3)NC(=O)[C@H](N)Cc3ccccc3)C2)C(F)(F)C1. The number of halogens is 2. The van der Waals surface area contributed by atoms with Crippen LogP contribution in [0, 0.1) is 11.3 Å². The molecule has 14 heteroatoms. The number of nitrogens with two attached hydrogens (primary N) is 2. The van der Waals surface area contributed by atoms with Gasteiger partial charge in [0.2, 0.25) is 29.5 Å². The largest absolute Gasteiger partial charge is 0.343 e. The highest BCUT2D eigenvalue weighted by atomic mass is 19.3. The van der Waals surface area contributed by atoms with Crippen LogP contribution in [0.1, 0.15) is 64.0 Å². The Morgan fingerprint density at radius 3 is 1.85 bits per heavy atom. The summed E-state index contributed by atoms with van der Waals surface area (Å²) in [7, 11) is 0. The van der Waals surface area contributed by atoms with Crippen molar-refractivity contribution >= 4 is 29.5 Å².